The molecule has 0 saturated heterocycles. The third kappa shape index (κ3) is 5.40. The van der Waals surface area contributed by atoms with Crippen molar-refractivity contribution < 1.29 is 18.7 Å². The molecule has 0 N–H and O–H groups in total. The van der Waals surface area contributed by atoms with E-state index >= 15 is 0 Å². The first-order chi connectivity index (χ1) is 13.2. The number of hydrogen-bond acceptors (Lipinski definition) is 6. The fourth-order valence-electron chi connectivity index (χ4n) is 2.25. The Hall–Kier alpha value is -2.67. The molecule has 0 atom stereocenters. The van der Waals surface area contributed by atoms with Crippen molar-refractivity contribution in [3.05, 3.63) is 64.5 Å². The summed E-state index contributed by atoms with van der Waals surface area (Å²) < 4.78 is 17.3. The first-order valence-corrected chi connectivity index (χ1v) is 9.43. The van der Waals surface area contributed by atoms with Crippen molar-refractivity contribution in [2.45, 2.75) is 26.4 Å². The van der Waals surface area contributed by atoms with Gasteiger partial charge in [-0.05, 0) is 55.0 Å². The number of hydrogen-bond donors (Lipinski definition) is 0. The number of ether oxygens (including phenoxy) is 2. The van der Waals surface area contributed by atoms with Crippen LogP contribution in [0.2, 0.25) is 0 Å². The molecule has 2 aromatic carbocycles. The van der Waals surface area contributed by atoms with Gasteiger partial charge >= 0.3 is 5.97 Å². The highest BCUT2D eigenvalue weighted by Crippen LogP contribution is 2.21. The minimum atomic E-state index is -0.460. The van der Waals surface area contributed by atoms with E-state index in [0.29, 0.717) is 18.1 Å². The molecule has 0 aliphatic rings. The van der Waals surface area contributed by atoms with Gasteiger partial charge in [0.25, 0.3) is 5.89 Å². The molecule has 0 aliphatic heterocycles. The minimum Gasteiger partial charge on any atom is -0.494 e. The van der Waals surface area contributed by atoms with Gasteiger partial charge in [0.05, 0.1) is 12.2 Å². The van der Waals surface area contributed by atoms with E-state index in [1.807, 2.05) is 24.3 Å². The second-order valence-electron chi connectivity index (χ2n) is 5.81. The van der Waals surface area contributed by atoms with Gasteiger partial charge < -0.3 is 13.9 Å². The Kier molecular flexibility index (Phi) is 6.59. The van der Waals surface area contributed by atoms with E-state index in [-0.39, 0.29) is 12.5 Å². The Morgan fingerprint density at radius 3 is 2.52 bits per heavy atom. The third-order valence-corrected chi connectivity index (χ3v) is 4.27. The van der Waals surface area contributed by atoms with Crippen molar-refractivity contribution >= 4 is 21.9 Å². The summed E-state index contributed by atoms with van der Waals surface area (Å²) in [5.41, 5.74) is 1.23. The SMILES string of the molecule is CCCCOc1ccc(C(=O)OCc2nnc(-c3ccc(Br)cc3)o2)cc1. The van der Waals surface area contributed by atoms with Gasteiger partial charge in [0, 0.05) is 10.0 Å². The van der Waals surface area contributed by atoms with E-state index in [1.54, 1.807) is 24.3 Å². The van der Waals surface area contributed by atoms with Crippen LogP contribution < -0.4 is 4.74 Å². The van der Waals surface area contributed by atoms with Crippen LogP contribution in [0.4, 0.5) is 0 Å². The fourth-order valence-corrected chi connectivity index (χ4v) is 2.52. The van der Waals surface area contributed by atoms with E-state index in [2.05, 4.69) is 33.1 Å². The molecule has 140 valence electrons. The Labute approximate surface area is 165 Å². The maximum absolute atomic E-state index is 12.1. The van der Waals surface area contributed by atoms with Crippen LogP contribution in [0.3, 0.4) is 0 Å². The Morgan fingerprint density at radius 1 is 1.07 bits per heavy atom. The number of rotatable bonds is 8. The van der Waals surface area contributed by atoms with Gasteiger partial charge in [0.1, 0.15) is 5.75 Å². The molecule has 0 bridgehead atoms. The van der Waals surface area contributed by atoms with Crippen molar-refractivity contribution in [2.24, 2.45) is 0 Å². The van der Waals surface area contributed by atoms with Crippen molar-refractivity contribution in [3.63, 3.8) is 0 Å². The monoisotopic (exact) mass is 430 g/mol. The van der Waals surface area contributed by atoms with Crippen LogP contribution >= 0.6 is 15.9 Å². The van der Waals surface area contributed by atoms with Gasteiger partial charge in [-0.2, -0.15) is 0 Å². The lowest BCUT2D eigenvalue weighted by molar-refractivity contribution is 0.0438. The first-order valence-electron chi connectivity index (χ1n) is 8.64. The Balaban J connectivity index is 1.54. The summed E-state index contributed by atoms with van der Waals surface area (Å²) >= 11 is 3.37. The molecular formula is C20H19BrN2O4. The van der Waals surface area contributed by atoms with E-state index in [1.165, 1.54) is 0 Å². The molecule has 1 aromatic heterocycles. The number of carbonyl (C=O) groups is 1. The molecule has 0 amide bonds. The predicted molar refractivity (Wildman–Crippen MR) is 103 cm³/mol. The van der Waals surface area contributed by atoms with Gasteiger partial charge in [-0.3, -0.25) is 0 Å². The van der Waals surface area contributed by atoms with Gasteiger partial charge in [0.2, 0.25) is 5.89 Å². The van der Waals surface area contributed by atoms with Crippen LogP contribution in [0, 0.1) is 0 Å². The van der Waals surface area contributed by atoms with Crippen LogP contribution in [-0.2, 0) is 11.3 Å². The molecule has 0 saturated carbocycles. The summed E-state index contributed by atoms with van der Waals surface area (Å²) in [7, 11) is 0. The third-order valence-electron chi connectivity index (χ3n) is 3.74. The molecule has 6 nitrogen and oxygen atoms in total. The zero-order valence-corrected chi connectivity index (χ0v) is 16.4. The smallest absolute Gasteiger partial charge is 0.338 e. The van der Waals surface area contributed by atoms with Crippen LogP contribution in [0.1, 0.15) is 36.0 Å². The van der Waals surface area contributed by atoms with Crippen molar-refractivity contribution in [3.8, 4) is 17.2 Å². The average Bonchev–Trinajstić information content (AvgIpc) is 3.16. The number of esters is 1. The van der Waals surface area contributed by atoms with Gasteiger partial charge in [0.15, 0.2) is 6.61 Å². The molecule has 0 aliphatic carbocycles. The quantitative estimate of drug-likeness (QED) is 0.368. The predicted octanol–water partition coefficient (Wildman–Crippen LogP) is 5.04. The summed E-state index contributed by atoms with van der Waals surface area (Å²) in [4.78, 5) is 12.1. The second kappa shape index (κ2) is 9.32. The van der Waals surface area contributed by atoms with Crippen LogP contribution in [-0.4, -0.2) is 22.8 Å². The zero-order chi connectivity index (χ0) is 19.1. The first kappa shape index (κ1) is 19.1. The van der Waals surface area contributed by atoms with E-state index < -0.39 is 5.97 Å². The largest absolute Gasteiger partial charge is 0.494 e. The molecule has 0 spiro atoms. The lowest BCUT2D eigenvalue weighted by Crippen LogP contribution is -2.05. The van der Waals surface area contributed by atoms with E-state index in [0.717, 1.165) is 28.6 Å². The summed E-state index contributed by atoms with van der Waals surface area (Å²) in [6, 6.07) is 14.3. The maximum atomic E-state index is 12.1. The molecule has 3 rings (SSSR count). The van der Waals surface area contributed by atoms with Crippen molar-refractivity contribution in [1.29, 1.82) is 0 Å². The van der Waals surface area contributed by atoms with Crippen LogP contribution in [0.5, 0.6) is 5.75 Å². The van der Waals surface area contributed by atoms with Crippen molar-refractivity contribution in [1.82, 2.24) is 10.2 Å². The Bertz CT molecular complexity index is 876. The molecule has 7 heteroatoms. The number of benzene rings is 2. The molecule has 0 unspecified atom stereocenters. The highest BCUT2D eigenvalue weighted by Gasteiger charge is 2.12. The van der Waals surface area contributed by atoms with E-state index in [4.69, 9.17) is 13.9 Å². The fraction of sp³-hybridized carbons (Fsp3) is 0.250. The topological polar surface area (TPSA) is 74.5 Å². The highest BCUT2D eigenvalue weighted by atomic mass is 79.9. The maximum Gasteiger partial charge on any atom is 0.338 e. The highest BCUT2D eigenvalue weighted by molar-refractivity contribution is 9.10. The van der Waals surface area contributed by atoms with Gasteiger partial charge in [-0.1, -0.05) is 29.3 Å². The zero-order valence-electron chi connectivity index (χ0n) is 14.9. The number of unbranched alkanes of at least 4 members (excludes halogenated alkanes) is 1. The molecule has 1 heterocycles. The minimum absolute atomic E-state index is 0.0862. The summed E-state index contributed by atoms with van der Waals surface area (Å²) in [5.74, 6) is 0.887. The molecule has 0 radical (unpaired) electrons. The lowest BCUT2D eigenvalue weighted by Gasteiger charge is -2.06. The van der Waals surface area contributed by atoms with Gasteiger partial charge in [-0.15, -0.1) is 10.2 Å². The average molecular weight is 431 g/mol. The molecule has 0 fully saturated rings. The summed E-state index contributed by atoms with van der Waals surface area (Å²) in [6.45, 7) is 2.68. The second-order valence-corrected chi connectivity index (χ2v) is 6.73. The molecule has 3 aromatic rings. The lowest BCUT2D eigenvalue weighted by atomic mass is 10.2. The van der Waals surface area contributed by atoms with Gasteiger partial charge in [-0.25, -0.2) is 4.79 Å². The normalized spacial score (nSPS) is 10.6. The molecule has 27 heavy (non-hydrogen) atoms. The number of nitrogens with zero attached hydrogens (tertiary/aromatic N) is 2. The van der Waals surface area contributed by atoms with Crippen molar-refractivity contribution in [2.75, 3.05) is 6.61 Å². The number of halogens is 1. The molecular weight excluding hydrogens is 412 g/mol. The number of carbonyl (C=O) groups excluding carboxylic acids is 1. The number of aromatic nitrogens is 2. The standard InChI is InChI=1S/C20H19BrN2O4/c1-2-3-12-25-17-10-6-15(7-11-17)20(24)26-13-18-22-23-19(27-18)14-4-8-16(21)9-5-14/h4-11H,2-3,12-13H2,1H3. The van der Waals surface area contributed by atoms with Crippen LogP contribution in [0.15, 0.2) is 57.4 Å². The Morgan fingerprint density at radius 2 is 1.81 bits per heavy atom. The summed E-state index contributed by atoms with van der Waals surface area (Å²) in [5, 5.41) is 7.89. The van der Waals surface area contributed by atoms with Crippen LogP contribution in [0.25, 0.3) is 11.5 Å². The summed E-state index contributed by atoms with van der Waals surface area (Å²) in [6.07, 6.45) is 2.07. The van der Waals surface area contributed by atoms with E-state index in [9.17, 15) is 4.79 Å².